The largest absolute Gasteiger partial charge is 0.348 e. The highest BCUT2D eigenvalue weighted by molar-refractivity contribution is 5.92. The van der Waals surface area contributed by atoms with Crippen molar-refractivity contribution < 1.29 is 4.79 Å². The lowest BCUT2D eigenvalue weighted by molar-refractivity contribution is -0.117. The summed E-state index contributed by atoms with van der Waals surface area (Å²) in [6.07, 6.45) is 7.77. The Bertz CT molecular complexity index is 391. The molecular weight excluding hydrogens is 202 g/mol. The highest BCUT2D eigenvalue weighted by atomic mass is 16.1. The van der Waals surface area contributed by atoms with Crippen molar-refractivity contribution >= 4 is 12.0 Å². The maximum Gasteiger partial charge on any atom is 0.244 e. The average Bonchev–Trinajstić information content (AvgIpc) is 2.61. The van der Waals surface area contributed by atoms with E-state index in [0.29, 0.717) is 0 Å². The lowest BCUT2D eigenvalue weighted by Crippen LogP contribution is -2.41. The van der Waals surface area contributed by atoms with Gasteiger partial charge in [0.1, 0.15) is 0 Å². The lowest BCUT2D eigenvalue weighted by atomic mass is 10.0. The van der Waals surface area contributed by atoms with Crippen molar-refractivity contribution in [1.29, 1.82) is 0 Å². The first-order valence-corrected chi connectivity index (χ1v) is 5.42. The van der Waals surface area contributed by atoms with Gasteiger partial charge in [-0.15, -0.1) is 0 Å². The number of carbonyl (C=O) groups is 1. The zero-order chi connectivity index (χ0) is 12.2. The molecular formula is C12H19N3O. The van der Waals surface area contributed by atoms with Crippen molar-refractivity contribution in [3.8, 4) is 0 Å². The minimum absolute atomic E-state index is 0.0734. The zero-order valence-corrected chi connectivity index (χ0v) is 10.3. The molecule has 1 N–H and O–H groups in total. The van der Waals surface area contributed by atoms with E-state index in [1.807, 2.05) is 34.0 Å². The number of aromatic nitrogens is 2. The molecule has 16 heavy (non-hydrogen) atoms. The summed E-state index contributed by atoms with van der Waals surface area (Å²) in [6.45, 7) is 6.05. The van der Waals surface area contributed by atoms with Crippen LogP contribution < -0.4 is 5.32 Å². The molecule has 4 nitrogen and oxygen atoms in total. The predicted octanol–water partition coefficient (Wildman–Crippen LogP) is 1.74. The molecule has 4 heteroatoms. The molecule has 0 aromatic carbocycles. The maximum atomic E-state index is 11.6. The first kappa shape index (κ1) is 12.5. The molecule has 0 fully saturated rings. The molecule has 0 saturated heterocycles. The Hall–Kier alpha value is -1.58. The number of nitrogens with one attached hydrogen (secondary N) is 1. The zero-order valence-electron chi connectivity index (χ0n) is 10.3. The van der Waals surface area contributed by atoms with Crippen LogP contribution in [0.2, 0.25) is 0 Å². The van der Waals surface area contributed by atoms with Crippen molar-refractivity contribution in [1.82, 2.24) is 15.1 Å². The summed E-state index contributed by atoms with van der Waals surface area (Å²) < 4.78 is 1.70. The molecule has 1 aromatic heterocycles. The van der Waals surface area contributed by atoms with Crippen LogP contribution in [0, 0.1) is 0 Å². The predicted molar refractivity (Wildman–Crippen MR) is 64.8 cm³/mol. The molecule has 1 rings (SSSR count). The van der Waals surface area contributed by atoms with Gasteiger partial charge in [0, 0.05) is 30.4 Å². The summed E-state index contributed by atoms with van der Waals surface area (Å²) in [7, 11) is 1.84. The number of nitrogens with zero attached hydrogens (tertiary/aromatic N) is 2. The summed E-state index contributed by atoms with van der Waals surface area (Å²) >= 11 is 0. The van der Waals surface area contributed by atoms with Crippen molar-refractivity contribution in [2.45, 2.75) is 32.7 Å². The van der Waals surface area contributed by atoms with Crippen molar-refractivity contribution in [2.24, 2.45) is 7.05 Å². The van der Waals surface area contributed by atoms with Gasteiger partial charge in [-0.1, -0.05) is 6.92 Å². The third-order valence-electron chi connectivity index (χ3n) is 2.50. The van der Waals surface area contributed by atoms with E-state index in [9.17, 15) is 4.79 Å². The normalized spacial score (nSPS) is 12.0. The number of aryl methyl sites for hydroxylation is 1. The summed E-state index contributed by atoms with van der Waals surface area (Å²) in [4.78, 5) is 11.6. The number of carbonyl (C=O) groups excluding carboxylic acids is 1. The van der Waals surface area contributed by atoms with E-state index in [4.69, 9.17) is 0 Å². The van der Waals surface area contributed by atoms with Gasteiger partial charge in [0.15, 0.2) is 0 Å². The van der Waals surface area contributed by atoms with Crippen LogP contribution in [0.5, 0.6) is 0 Å². The highest BCUT2D eigenvalue weighted by Gasteiger charge is 2.15. The van der Waals surface area contributed by atoms with Crippen LogP contribution in [0.3, 0.4) is 0 Å². The molecule has 1 aromatic rings. The van der Waals surface area contributed by atoms with Gasteiger partial charge in [-0.2, -0.15) is 5.10 Å². The van der Waals surface area contributed by atoms with Gasteiger partial charge in [-0.05, 0) is 26.3 Å². The van der Waals surface area contributed by atoms with E-state index in [1.54, 1.807) is 17.0 Å². The van der Waals surface area contributed by atoms with Crippen LogP contribution in [0.1, 0.15) is 32.8 Å². The maximum absolute atomic E-state index is 11.6. The molecule has 0 spiro atoms. The van der Waals surface area contributed by atoms with Crippen LogP contribution in [0.4, 0.5) is 0 Å². The third-order valence-corrected chi connectivity index (χ3v) is 2.50. The Labute approximate surface area is 96.3 Å². The van der Waals surface area contributed by atoms with Crippen molar-refractivity contribution in [3.05, 3.63) is 24.0 Å². The molecule has 0 aliphatic carbocycles. The Morgan fingerprint density at radius 1 is 1.62 bits per heavy atom. The molecule has 0 atom stereocenters. The molecule has 0 aliphatic rings. The molecule has 0 saturated carbocycles. The van der Waals surface area contributed by atoms with Gasteiger partial charge < -0.3 is 5.32 Å². The minimum Gasteiger partial charge on any atom is -0.348 e. The SMILES string of the molecule is CCC(C)(C)NC(=O)/C=C\c1cnn(C)c1. The highest BCUT2D eigenvalue weighted by Crippen LogP contribution is 2.07. The second-order valence-corrected chi connectivity index (χ2v) is 4.51. The van der Waals surface area contributed by atoms with Crippen molar-refractivity contribution in [3.63, 3.8) is 0 Å². The van der Waals surface area contributed by atoms with E-state index >= 15 is 0 Å². The number of amides is 1. The summed E-state index contributed by atoms with van der Waals surface area (Å²) in [5.41, 5.74) is 0.767. The second-order valence-electron chi connectivity index (χ2n) is 4.51. The average molecular weight is 221 g/mol. The molecule has 0 radical (unpaired) electrons. The van der Waals surface area contributed by atoms with E-state index < -0.39 is 0 Å². The minimum atomic E-state index is -0.156. The molecule has 1 heterocycles. The standard InChI is InChI=1S/C12H19N3O/c1-5-12(2,3)14-11(16)7-6-10-8-13-15(4)9-10/h6-9H,5H2,1-4H3,(H,14,16)/b7-6-. The van der Waals surface area contributed by atoms with E-state index in [1.165, 1.54) is 6.08 Å². The fourth-order valence-electron chi connectivity index (χ4n) is 1.16. The van der Waals surface area contributed by atoms with E-state index in [-0.39, 0.29) is 11.4 Å². The number of rotatable bonds is 4. The van der Waals surface area contributed by atoms with Gasteiger partial charge in [0.25, 0.3) is 0 Å². The van der Waals surface area contributed by atoms with Gasteiger partial charge in [0.05, 0.1) is 6.20 Å². The Morgan fingerprint density at radius 2 is 2.31 bits per heavy atom. The molecule has 88 valence electrons. The first-order valence-electron chi connectivity index (χ1n) is 5.42. The fourth-order valence-corrected chi connectivity index (χ4v) is 1.16. The summed E-state index contributed by atoms with van der Waals surface area (Å²) in [5.74, 6) is -0.0734. The van der Waals surface area contributed by atoms with Gasteiger partial charge in [-0.25, -0.2) is 0 Å². The Balaban J connectivity index is 2.55. The van der Waals surface area contributed by atoms with Crippen LogP contribution in [-0.4, -0.2) is 21.2 Å². The summed E-state index contributed by atoms with van der Waals surface area (Å²) in [6, 6.07) is 0. The Morgan fingerprint density at radius 3 is 2.81 bits per heavy atom. The first-order chi connectivity index (χ1) is 7.43. The van der Waals surface area contributed by atoms with Crippen LogP contribution in [0.25, 0.3) is 6.08 Å². The molecule has 1 amide bonds. The van der Waals surface area contributed by atoms with Gasteiger partial charge in [-0.3, -0.25) is 9.48 Å². The van der Waals surface area contributed by atoms with Gasteiger partial charge in [0.2, 0.25) is 5.91 Å². The van der Waals surface area contributed by atoms with Crippen LogP contribution in [0.15, 0.2) is 18.5 Å². The molecule has 0 bridgehead atoms. The number of hydrogen-bond donors (Lipinski definition) is 1. The topological polar surface area (TPSA) is 46.9 Å². The van der Waals surface area contributed by atoms with E-state index in [2.05, 4.69) is 10.4 Å². The number of hydrogen-bond acceptors (Lipinski definition) is 2. The van der Waals surface area contributed by atoms with E-state index in [0.717, 1.165) is 12.0 Å². The van der Waals surface area contributed by atoms with Crippen molar-refractivity contribution in [2.75, 3.05) is 0 Å². The molecule has 0 unspecified atom stereocenters. The smallest absolute Gasteiger partial charge is 0.244 e. The van der Waals surface area contributed by atoms with Gasteiger partial charge >= 0.3 is 0 Å². The Kier molecular flexibility index (Phi) is 3.88. The third kappa shape index (κ3) is 3.88. The molecule has 0 aliphatic heterocycles. The monoisotopic (exact) mass is 221 g/mol. The van der Waals surface area contributed by atoms with Crippen LogP contribution in [-0.2, 0) is 11.8 Å². The fraction of sp³-hybridized carbons (Fsp3) is 0.500. The lowest BCUT2D eigenvalue weighted by Gasteiger charge is -2.23. The summed E-state index contributed by atoms with van der Waals surface area (Å²) in [5, 5.41) is 6.95. The quantitative estimate of drug-likeness (QED) is 0.787. The van der Waals surface area contributed by atoms with Crippen LogP contribution >= 0.6 is 0 Å². The second kappa shape index (κ2) is 4.96.